The number of rotatable bonds is 3. The molecule has 1 heterocycles. The van der Waals surface area contributed by atoms with Crippen LogP contribution in [-0.4, -0.2) is 15.7 Å². The third-order valence-corrected chi connectivity index (χ3v) is 3.25. The lowest BCUT2D eigenvalue weighted by molar-refractivity contribution is 0.1000. The monoisotopic (exact) mass is 278 g/mol. The zero-order valence-corrected chi connectivity index (χ0v) is 11.2. The number of amides is 1. The van der Waals surface area contributed by atoms with Crippen LogP contribution in [0, 0.1) is 0 Å². The van der Waals surface area contributed by atoms with Gasteiger partial charge in [-0.05, 0) is 17.7 Å². The van der Waals surface area contributed by atoms with Gasteiger partial charge in [-0.3, -0.25) is 4.79 Å². The topological polar surface area (TPSA) is 86.9 Å². The lowest BCUT2D eigenvalue weighted by Gasteiger charge is -2.09. The van der Waals surface area contributed by atoms with Crippen LogP contribution in [0.1, 0.15) is 10.4 Å². The number of nitrogens with two attached hydrogens (primary N) is 2. The van der Waals surface area contributed by atoms with E-state index in [-0.39, 0.29) is 0 Å². The minimum atomic E-state index is -0.533. The number of hydrogen-bond acceptors (Lipinski definition) is 3. The predicted molar refractivity (Wildman–Crippen MR) is 81.9 cm³/mol. The second-order valence-electron chi connectivity index (χ2n) is 4.65. The van der Waals surface area contributed by atoms with E-state index in [0.29, 0.717) is 16.9 Å². The lowest BCUT2D eigenvalue weighted by atomic mass is 10.1. The summed E-state index contributed by atoms with van der Waals surface area (Å²) in [6, 6.07) is 14.9. The molecule has 3 aromatic rings. The lowest BCUT2D eigenvalue weighted by Crippen LogP contribution is -2.16. The zero-order valence-electron chi connectivity index (χ0n) is 11.2. The van der Waals surface area contributed by atoms with Gasteiger partial charge in [-0.15, -0.1) is 0 Å². The smallest absolute Gasteiger partial charge is 0.250 e. The van der Waals surface area contributed by atoms with Gasteiger partial charge < -0.3 is 11.5 Å². The van der Waals surface area contributed by atoms with Crippen LogP contribution in [0.2, 0.25) is 0 Å². The van der Waals surface area contributed by atoms with E-state index in [2.05, 4.69) is 5.10 Å². The van der Waals surface area contributed by atoms with Crippen LogP contribution in [-0.2, 0) is 0 Å². The number of para-hydroxylation sites is 1. The number of hydrogen-bond donors (Lipinski definition) is 2. The molecule has 1 aromatic heterocycles. The van der Waals surface area contributed by atoms with E-state index in [1.54, 1.807) is 29.1 Å². The van der Waals surface area contributed by atoms with Gasteiger partial charge >= 0.3 is 0 Å². The van der Waals surface area contributed by atoms with Gasteiger partial charge in [0.25, 0.3) is 5.91 Å². The molecule has 21 heavy (non-hydrogen) atoms. The molecule has 0 saturated carbocycles. The summed E-state index contributed by atoms with van der Waals surface area (Å²) in [4.78, 5) is 11.5. The Morgan fingerprint density at radius 2 is 1.76 bits per heavy atom. The van der Waals surface area contributed by atoms with Crippen LogP contribution < -0.4 is 11.5 Å². The van der Waals surface area contributed by atoms with Gasteiger partial charge in [0.05, 0.1) is 17.4 Å². The molecule has 0 spiro atoms. The fourth-order valence-corrected chi connectivity index (χ4v) is 2.24. The molecule has 5 heteroatoms. The highest BCUT2D eigenvalue weighted by molar-refractivity contribution is 5.98. The average molecular weight is 278 g/mol. The molecular formula is C16H14N4O. The van der Waals surface area contributed by atoms with Crippen molar-refractivity contribution in [2.24, 2.45) is 5.73 Å². The van der Waals surface area contributed by atoms with Crippen LogP contribution >= 0.6 is 0 Å². The van der Waals surface area contributed by atoms with Crippen LogP contribution in [0.5, 0.6) is 0 Å². The summed E-state index contributed by atoms with van der Waals surface area (Å²) in [5.41, 5.74) is 14.7. The van der Waals surface area contributed by atoms with Gasteiger partial charge in [0.15, 0.2) is 0 Å². The van der Waals surface area contributed by atoms with E-state index in [1.165, 1.54) is 0 Å². The largest absolute Gasteiger partial charge is 0.397 e. The van der Waals surface area contributed by atoms with Gasteiger partial charge in [-0.2, -0.15) is 5.10 Å². The summed E-state index contributed by atoms with van der Waals surface area (Å²) in [5, 5.41) is 4.30. The maximum absolute atomic E-state index is 11.5. The molecule has 3 rings (SSSR count). The van der Waals surface area contributed by atoms with Crippen molar-refractivity contribution >= 4 is 11.6 Å². The van der Waals surface area contributed by atoms with Crippen molar-refractivity contribution in [3.8, 4) is 16.8 Å². The summed E-state index contributed by atoms with van der Waals surface area (Å²) in [5.74, 6) is -0.533. The molecule has 0 aliphatic heterocycles. The summed E-state index contributed by atoms with van der Waals surface area (Å²) >= 11 is 0. The van der Waals surface area contributed by atoms with Crippen molar-refractivity contribution in [1.82, 2.24) is 9.78 Å². The van der Waals surface area contributed by atoms with Crippen molar-refractivity contribution in [1.29, 1.82) is 0 Å². The Kier molecular flexibility index (Phi) is 3.16. The van der Waals surface area contributed by atoms with Crippen LogP contribution in [0.15, 0.2) is 60.9 Å². The Morgan fingerprint density at radius 3 is 2.48 bits per heavy atom. The minimum absolute atomic E-state index is 0.345. The summed E-state index contributed by atoms with van der Waals surface area (Å²) in [7, 11) is 0. The second kappa shape index (κ2) is 5.13. The van der Waals surface area contributed by atoms with Crippen LogP contribution in [0.4, 0.5) is 5.69 Å². The number of anilines is 1. The van der Waals surface area contributed by atoms with Gasteiger partial charge in [0.1, 0.15) is 5.69 Å². The van der Waals surface area contributed by atoms with E-state index in [1.807, 2.05) is 36.5 Å². The summed E-state index contributed by atoms with van der Waals surface area (Å²) in [6.45, 7) is 0. The summed E-state index contributed by atoms with van der Waals surface area (Å²) < 4.78 is 1.58. The Labute approximate surface area is 121 Å². The quantitative estimate of drug-likeness (QED) is 0.720. The normalized spacial score (nSPS) is 10.5. The molecule has 2 aromatic carbocycles. The molecule has 1 amide bonds. The maximum Gasteiger partial charge on any atom is 0.250 e. The molecule has 4 N–H and O–H groups in total. The van der Waals surface area contributed by atoms with E-state index in [4.69, 9.17) is 11.5 Å². The zero-order chi connectivity index (χ0) is 14.8. The second-order valence-corrected chi connectivity index (χ2v) is 4.65. The number of benzene rings is 2. The van der Waals surface area contributed by atoms with Crippen molar-refractivity contribution < 1.29 is 4.79 Å². The molecule has 0 atom stereocenters. The van der Waals surface area contributed by atoms with Gasteiger partial charge in [-0.25, -0.2) is 4.68 Å². The highest BCUT2D eigenvalue weighted by Gasteiger charge is 2.14. The molecule has 0 aliphatic rings. The number of carbonyl (C=O) groups is 1. The Bertz CT molecular complexity index is 793. The molecule has 0 aliphatic carbocycles. The number of primary amides is 1. The van der Waals surface area contributed by atoms with E-state index < -0.39 is 5.91 Å². The standard InChI is InChI=1S/C16H14N4O/c17-14-8-4-7-13(16(18)21)15(14)20-10-12(9-19-20)11-5-2-1-3-6-11/h1-10H,17H2,(H2,18,21). The highest BCUT2D eigenvalue weighted by atomic mass is 16.1. The number of nitrogen functional groups attached to an aromatic ring is 1. The minimum Gasteiger partial charge on any atom is -0.397 e. The fraction of sp³-hybridized carbons (Fsp3) is 0. The molecule has 0 bridgehead atoms. The molecule has 0 fully saturated rings. The highest BCUT2D eigenvalue weighted by Crippen LogP contribution is 2.24. The van der Waals surface area contributed by atoms with Gasteiger partial charge in [-0.1, -0.05) is 36.4 Å². The van der Waals surface area contributed by atoms with Gasteiger partial charge in [0, 0.05) is 11.8 Å². The number of aromatic nitrogens is 2. The van der Waals surface area contributed by atoms with Crippen molar-refractivity contribution in [2.45, 2.75) is 0 Å². The van der Waals surface area contributed by atoms with Crippen molar-refractivity contribution in [3.63, 3.8) is 0 Å². The first kappa shape index (κ1) is 12.9. The average Bonchev–Trinajstić information content (AvgIpc) is 2.97. The molecule has 0 unspecified atom stereocenters. The number of nitrogens with zero attached hydrogens (tertiary/aromatic N) is 2. The van der Waals surface area contributed by atoms with Crippen molar-refractivity contribution in [2.75, 3.05) is 5.73 Å². The number of carbonyl (C=O) groups excluding carboxylic acids is 1. The molecule has 0 saturated heterocycles. The third-order valence-electron chi connectivity index (χ3n) is 3.25. The molecule has 0 radical (unpaired) electrons. The van der Waals surface area contributed by atoms with Gasteiger partial charge in [0.2, 0.25) is 0 Å². The molecule has 104 valence electrons. The van der Waals surface area contributed by atoms with Crippen molar-refractivity contribution in [3.05, 3.63) is 66.5 Å². The first-order valence-electron chi connectivity index (χ1n) is 6.45. The molecular weight excluding hydrogens is 264 g/mol. The summed E-state index contributed by atoms with van der Waals surface area (Å²) in [6.07, 6.45) is 3.56. The van der Waals surface area contributed by atoms with Crippen LogP contribution in [0.3, 0.4) is 0 Å². The fourth-order valence-electron chi connectivity index (χ4n) is 2.24. The SMILES string of the molecule is NC(=O)c1cccc(N)c1-n1cc(-c2ccccc2)cn1. The van der Waals surface area contributed by atoms with Crippen LogP contribution in [0.25, 0.3) is 16.8 Å². The Morgan fingerprint density at radius 1 is 1.00 bits per heavy atom. The maximum atomic E-state index is 11.5. The Hall–Kier alpha value is -3.08. The first-order valence-corrected chi connectivity index (χ1v) is 6.45. The Balaban J connectivity index is 2.11. The van der Waals surface area contributed by atoms with E-state index in [0.717, 1.165) is 11.1 Å². The first-order chi connectivity index (χ1) is 10.2. The third kappa shape index (κ3) is 2.36. The molecule has 5 nitrogen and oxygen atoms in total. The van der Waals surface area contributed by atoms with E-state index >= 15 is 0 Å². The predicted octanol–water partition coefficient (Wildman–Crippen LogP) is 2.22. The van der Waals surface area contributed by atoms with E-state index in [9.17, 15) is 4.79 Å².